The lowest BCUT2D eigenvalue weighted by Gasteiger charge is -2.02. The Morgan fingerprint density at radius 1 is 1.46 bits per heavy atom. The summed E-state index contributed by atoms with van der Waals surface area (Å²) in [5.74, 6) is -0.193. The molecule has 0 heterocycles. The van der Waals surface area contributed by atoms with Crippen LogP contribution in [0, 0.1) is 10.5 Å². The molecule has 0 amide bonds. The number of hydrogen-bond acceptors (Lipinski definition) is 2. The van der Waals surface area contributed by atoms with Gasteiger partial charge in [-0.15, -0.1) is 0 Å². The summed E-state index contributed by atoms with van der Waals surface area (Å²) in [4.78, 5) is 11.0. The number of ether oxygens (including phenoxy) is 1. The molecular weight excluding hydrogens is 279 g/mol. The Bertz CT molecular complexity index is 300. The fourth-order valence-corrected chi connectivity index (χ4v) is 2.04. The van der Waals surface area contributed by atoms with Crippen molar-refractivity contribution >= 4 is 28.6 Å². The molecule has 2 nitrogen and oxygen atoms in total. The van der Waals surface area contributed by atoms with Crippen LogP contribution in [0.5, 0.6) is 0 Å². The molecular formula is C10H11IO2. The summed E-state index contributed by atoms with van der Waals surface area (Å²) in [7, 11) is 1.41. The maximum absolute atomic E-state index is 11.0. The van der Waals surface area contributed by atoms with E-state index in [-0.39, 0.29) is 5.97 Å². The zero-order chi connectivity index (χ0) is 9.84. The predicted octanol–water partition coefficient (Wildman–Crippen LogP) is 2.32. The van der Waals surface area contributed by atoms with Crippen molar-refractivity contribution in [2.45, 2.75) is 13.3 Å². The molecule has 0 aromatic heterocycles. The highest BCUT2D eigenvalue weighted by Gasteiger charge is 2.03. The van der Waals surface area contributed by atoms with Gasteiger partial charge in [-0.3, -0.25) is 4.79 Å². The molecule has 0 spiro atoms. The summed E-state index contributed by atoms with van der Waals surface area (Å²) in [6.45, 7) is 2.02. The van der Waals surface area contributed by atoms with Crippen LogP contribution in [-0.2, 0) is 16.0 Å². The number of carbonyl (C=O) groups excluding carboxylic acids is 1. The van der Waals surface area contributed by atoms with E-state index in [1.54, 1.807) is 0 Å². The van der Waals surface area contributed by atoms with E-state index in [2.05, 4.69) is 33.4 Å². The van der Waals surface area contributed by atoms with Crippen LogP contribution in [0.4, 0.5) is 0 Å². The molecule has 0 aliphatic heterocycles. The van der Waals surface area contributed by atoms with Crippen LogP contribution in [0.1, 0.15) is 11.1 Å². The summed E-state index contributed by atoms with van der Waals surface area (Å²) < 4.78 is 5.74. The van der Waals surface area contributed by atoms with Crippen LogP contribution in [0.15, 0.2) is 18.2 Å². The fourth-order valence-electron chi connectivity index (χ4n) is 1.15. The van der Waals surface area contributed by atoms with Crippen LogP contribution < -0.4 is 0 Å². The highest BCUT2D eigenvalue weighted by molar-refractivity contribution is 14.1. The molecule has 0 saturated carbocycles. The van der Waals surface area contributed by atoms with Gasteiger partial charge in [-0.05, 0) is 52.8 Å². The van der Waals surface area contributed by atoms with Crippen molar-refractivity contribution < 1.29 is 9.53 Å². The number of hydrogen-bond donors (Lipinski definition) is 0. The van der Waals surface area contributed by atoms with E-state index in [1.165, 1.54) is 12.7 Å². The van der Waals surface area contributed by atoms with Crippen molar-refractivity contribution in [3.8, 4) is 0 Å². The highest BCUT2D eigenvalue weighted by atomic mass is 127. The SMILES string of the molecule is COC(=O)Cc1cc(C)cc(I)c1. The van der Waals surface area contributed by atoms with Crippen molar-refractivity contribution in [2.24, 2.45) is 0 Å². The minimum atomic E-state index is -0.193. The lowest BCUT2D eigenvalue weighted by Crippen LogP contribution is -2.04. The van der Waals surface area contributed by atoms with E-state index in [9.17, 15) is 4.79 Å². The number of halogens is 1. The van der Waals surface area contributed by atoms with E-state index < -0.39 is 0 Å². The lowest BCUT2D eigenvalue weighted by atomic mass is 10.1. The molecule has 0 fully saturated rings. The average Bonchev–Trinajstić information content (AvgIpc) is 2.02. The van der Waals surface area contributed by atoms with Crippen LogP contribution >= 0.6 is 22.6 Å². The number of aryl methyl sites for hydroxylation is 1. The number of carbonyl (C=O) groups is 1. The Balaban J connectivity index is 2.83. The first kappa shape index (κ1) is 10.5. The zero-order valence-electron chi connectivity index (χ0n) is 7.63. The molecule has 3 heteroatoms. The fraction of sp³-hybridized carbons (Fsp3) is 0.300. The molecule has 0 atom stereocenters. The lowest BCUT2D eigenvalue weighted by molar-refractivity contribution is -0.139. The number of benzene rings is 1. The third-order valence-electron chi connectivity index (χ3n) is 1.68. The molecule has 1 aromatic carbocycles. The van der Waals surface area contributed by atoms with Gasteiger partial charge in [0, 0.05) is 3.57 Å². The molecule has 70 valence electrons. The largest absolute Gasteiger partial charge is 0.469 e. The summed E-state index contributed by atoms with van der Waals surface area (Å²) in [5, 5.41) is 0. The van der Waals surface area contributed by atoms with Gasteiger partial charge in [-0.2, -0.15) is 0 Å². The van der Waals surface area contributed by atoms with Crippen molar-refractivity contribution in [1.29, 1.82) is 0 Å². The standard InChI is InChI=1S/C10H11IO2/c1-7-3-8(5-9(11)4-7)6-10(12)13-2/h3-5H,6H2,1-2H3. The van der Waals surface area contributed by atoms with E-state index in [1.807, 2.05) is 19.1 Å². The monoisotopic (exact) mass is 290 g/mol. The number of methoxy groups -OCH3 is 1. The number of esters is 1. The molecule has 1 aromatic rings. The van der Waals surface area contributed by atoms with Crippen LogP contribution in [0.3, 0.4) is 0 Å². The van der Waals surface area contributed by atoms with Gasteiger partial charge >= 0.3 is 5.97 Å². The van der Waals surface area contributed by atoms with E-state index in [0.717, 1.165) is 9.13 Å². The topological polar surface area (TPSA) is 26.3 Å². The van der Waals surface area contributed by atoms with Crippen molar-refractivity contribution in [3.05, 3.63) is 32.9 Å². The summed E-state index contributed by atoms with van der Waals surface area (Å²) in [6, 6.07) is 6.06. The van der Waals surface area contributed by atoms with E-state index in [4.69, 9.17) is 0 Å². The second-order valence-electron chi connectivity index (χ2n) is 2.89. The normalized spacial score (nSPS) is 9.77. The van der Waals surface area contributed by atoms with Crippen molar-refractivity contribution in [2.75, 3.05) is 7.11 Å². The van der Waals surface area contributed by atoms with Gasteiger partial charge in [0.1, 0.15) is 0 Å². The Morgan fingerprint density at radius 3 is 2.69 bits per heavy atom. The summed E-state index contributed by atoms with van der Waals surface area (Å²) >= 11 is 2.24. The molecule has 1 rings (SSSR count). The molecule has 0 aliphatic carbocycles. The molecule has 0 N–H and O–H groups in total. The van der Waals surface area contributed by atoms with Crippen molar-refractivity contribution in [3.63, 3.8) is 0 Å². The van der Waals surface area contributed by atoms with E-state index in [0.29, 0.717) is 6.42 Å². The second kappa shape index (κ2) is 4.60. The molecule has 0 aliphatic rings. The molecule has 0 radical (unpaired) electrons. The summed E-state index contributed by atoms with van der Waals surface area (Å²) in [6.07, 6.45) is 0.355. The Labute approximate surface area is 91.4 Å². The first-order chi connectivity index (χ1) is 6.11. The van der Waals surface area contributed by atoms with Gasteiger partial charge in [0.25, 0.3) is 0 Å². The van der Waals surface area contributed by atoms with Crippen molar-refractivity contribution in [1.82, 2.24) is 0 Å². The molecule has 0 bridgehead atoms. The molecule has 13 heavy (non-hydrogen) atoms. The third-order valence-corrected chi connectivity index (χ3v) is 2.30. The van der Waals surface area contributed by atoms with Crippen LogP contribution in [0.25, 0.3) is 0 Å². The highest BCUT2D eigenvalue weighted by Crippen LogP contribution is 2.12. The van der Waals surface area contributed by atoms with E-state index >= 15 is 0 Å². The molecule has 0 saturated heterocycles. The van der Waals surface area contributed by atoms with Crippen LogP contribution in [0.2, 0.25) is 0 Å². The summed E-state index contributed by atoms with van der Waals surface area (Å²) in [5.41, 5.74) is 2.18. The number of rotatable bonds is 2. The third kappa shape index (κ3) is 3.34. The maximum Gasteiger partial charge on any atom is 0.309 e. The van der Waals surface area contributed by atoms with Gasteiger partial charge in [0.05, 0.1) is 13.5 Å². The van der Waals surface area contributed by atoms with Gasteiger partial charge in [0.2, 0.25) is 0 Å². The zero-order valence-corrected chi connectivity index (χ0v) is 9.79. The predicted molar refractivity (Wildman–Crippen MR) is 59.6 cm³/mol. The average molecular weight is 290 g/mol. The minimum Gasteiger partial charge on any atom is -0.469 e. The first-order valence-corrected chi connectivity index (χ1v) is 5.02. The van der Waals surface area contributed by atoms with Gasteiger partial charge in [0.15, 0.2) is 0 Å². The first-order valence-electron chi connectivity index (χ1n) is 3.94. The Morgan fingerprint density at radius 2 is 2.15 bits per heavy atom. The van der Waals surface area contributed by atoms with Gasteiger partial charge < -0.3 is 4.74 Å². The molecule has 0 unspecified atom stereocenters. The quantitative estimate of drug-likeness (QED) is 0.617. The Kier molecular flexibility index (Phi) is 3.71. The smallest absolute Gasteiger partial charge is 0.309 e. The van der Waals surface area contributed by atoms with Crippen LogP contribution in [-0.4, -0.2) is 13.1 Å². The minimum absolute atomic E-state index is 0.193. The maximum atomic E-state index is 11.0. The second-order valence-corrected chi connectivity index (χ2v) is 4.14. The van der Waals surface area contributed by atoms with Gasteiger partial charge in [-0.1, -0.05) is 6.07 Å². The van der Waals surface area contributed by atoms with Gasteiger partial charge in [-0.25, -0.2) is 0 Å². The Hall–Kier alpha value is -0.580.